The lowest BCUT2D eigenvalue weighted by Gasteiger charge is -2.35. The van der Waals surface area contributed by atoms with Crippen LogP contribution < -0.4 is 0 Å². The summed E-state index contributed by atoms with van der Waals surface area (Å²) < 4.78 is 32.1. The summed E-state index contributed by atoms with van der Waals surface area (Å²) in [4.78, 5) is 4.74. The summed E-state index contributed by atoms with van der Waals surface area (Å²) in [5.41, 5.74) is 1.99. The Morgan fingerprint density at radius 2 is 1.77 bits per heavy atom. The quantitative estimate of drug-likeness (QED) is 0.691. The molecule has 1 aliphatic heterocycles. The van der Waals surface area contributed by atoms with Gasteiger partial charge in [-0.25, -0.2) is 8.42 Å². The summed E-state index contributed by atoms with van der Waals surface area (Å²) in [5, 5.41) is 4.00. The predicted molar refractivity (Wildman–Crippen MR) is 97.1 cm³/mol. The van der Waals surface area contributed by atoms with E-state index in [0.717, 1.165) is 17.5 Å². The maximum atomic E-state index is 12.7. The Morgan fingerprint density at radius 1 is 1.08 bits per heavy atom. The van der Waals surface area contributed by atoms with E-state index in [4.69, 9.17) is 4.52 Å². The van der Waals surface area contributed by atoms with Gasteiger partial charge in [-0.15, -0.1) is 0 Å². The smallest absolute Gasteiger partial charge is 0.243 e. The Hall–Kier alpha value is -2.51. The highest BCUT2D eigenvalue weighted by Crippen LogP contribution is 2.32. The minimum absolute atomic E-state index is 0.0651. The van der Waals surface area contributed by atoms with Crippen molar-refractivity contribution >= 4 is 10.0 Å². The van der Waals surface area contributed by atoms with E-state index in [0.29, 0.717) is 29.7 Å². The molecule has 26 heavy (non-hydrogen) atoms. The number of nitrogens with zero attached hydrogens (tertiary/aromatic N) is 3. The topological polar surface area (TPSA) is 76.3 Å². The number of rotatable bonds is 5. The number of sulfonamides is 1. The van der Waals surface area contributed by atoms with Gasteiger partial charge in [-0.3, -0.25) is 0 Å². The fourth-order valence-electron chi connectivity index (χ4n) is 2.94. The first kappa shape index (κ1) is 16.9. The molecule has 4 rings (SSSR count). The molecule has 0 amide bonds. The second kappa shape index (κ2) is 6.66. The molecule has 0 radical (unpaired) electrons. The zero-order valence-corrected chi connectivity index (χ0v) is 15.2. The maximum Gasteiger partial charge on any atom is 0.243 e. The van der Waals surface area contributed by atoms with Crippen molar-refractivity contribution in [2.24, 2.45) is 0 Å². The summed E-state index contributed by atoms with van der Waals surface area (Å²) in [6.07, 6.45) is 0.882. The van der Waals surface area contributed by atoms with Gasteiger partial charge in [0.25, 0.3) is 0 Å². The molecule has 0 spiro atoms. The van der Waals surface area contributed by atoms with Gasteiger partial charge in [0, 0.05) is 18.7 Å². The summed E-state index contributed by atoms with van der Waals surface area (Å²) in [5.74, 6) is 0.943. The van der Waals surface area contributed by atoms with Gasteiger partial charge < -0.3 is 4.52 Å². The van der Waals surface area contributed by atoms with Gasteiger partial charge in [0.1, 0.15) is 0 Å². The Morgan fingerprint density at radius 3 is 2.42 bits per heavy atom. The van der Waals surface area contributed by atoms with Crippen LogP contribution in [0.25, 0.3) is 11.4 Å². The highest BCUT2D eigenvalue weighted by Gasteiger charge is 2.40. The van der Waals surface area contributed by atoms with E-state index in [1.165, 1.54) is 4.31 Å². The third kappa shape index (κ3) is 3.04. The molecule has 2 aromatic carbocycles. The van der Waals surface area contributed by atoms with Crippen molar-refractivity contribution in [1.82, 2.24) is 14.4 Å². The van der Waals surface area contributed by atoms with Gasteiger partial charge in [0.2, 0.25) is 21.7 Å². The molecule has 0 atom stereocenters. The molecule has 3 aromatic rings. The van der Waals surface area contributed by atoms with Gasteiger partial charge in [-0.05, 0) is 24.1 Å². The molecule has 0 saturated carbocycles. The van der Waals surface area contributed by atoms with Crippen LogP contribution in [-0.2, 0) is 16.4 Å². The van der Waals surface area contributed by atoms with Gasteiger partial charge in [-0.2, -0.15) is 9.29 Å². The van der Waals surface area contributed by atoms with Crippen molar-refractivity contribution < 1.29 is 12.9 Å². The fourth-order valence-corrected chi connectivity index (χ4v) is 4.47. The number of hydrogen-bond acceptors (Lipinski definition) is 5. The van der Waals surface area contributed by atoms with E-state index in [-0.39, 0.29) is 5.92 Å². The highest BCUT2D eigenvalue weighted by molar-refractivity contribution is 7.89. The van der Waals surface area contributed by atoms with Crippen LogP contribution in [0.15, 0.2) is 64.0 Å². The zero-order valence-electron chi connectivity index (χ0n) is 14.4. The molecule has 0 unspecified atom stereocenters. The second-order valence-electron chi connectivity index (χ2n) is 6.34. The van der Waals surface area contributed by atoms with Gasteiger partial charge >= 0.3 is 0 Å². The van der Waals surface area contributed by atoms with Gasteiger partial charge in [-0.1, -0.05) is 54.5 Å². The lowest BCUT2D eigenvalue weighted by molar-refractivity contribution is 0.217. The maximum absolute atomic E-state index is 12.7. The van der Waals surface area contributed by atoms with Crippen LogP contribution >= 0.6 is 0 Å². The third-order valence-electron chi connectivity index (χ3n) is 4.64. The van der Waals surface area contributed by atoms with Crippen LogP contribution in [0.4, 0.5) is 0 Å². The second-order valence-corrected chi connectivity index (χ2v) is 8.28. The molecule has 0 aliphatic carbocycles. The van der Waals surface area contributed by atoms with Crippen LogP contribution in [0.3, 0.4) is 0 Å². The lowest BCUT2D eigenvalue weighted by atomic mass is 10.0. The molecule has 7 heteroatoms. The van der Waals surface area contributed by atoms with Gasteiger partial charge in [0.05, 0.1) is 10.8 Å². The first-order valence-corrected chi connectivity index (χ1v) is 10.00. The van der Waals surface area contributed by atoms with E-state index in [9.17, 15) is 8.42 Å². The molecule has 1 saturated heterocycles. The average molecular weight is 369 g/mol. The largest absolute Gasteiger partial charge is 0.339 e. The normalized spacial score (nSPS) is 15.7. The monoisotopic (exact) mass is 369 g/mol. The Kier molecular flexibility index (Phi) is 4.34. The van der Waals surface area contributed by atoms with E-state index >= 15 is 0 Å². The Labute approximate surface area is 152 Å². The van der Waals surface area contributed by atoms with Crippen LogP contribution in [0.5, 0.6) is 0 Å². The third-order valence-corrected chi connectivity index (χ3v) is 6.49. The molecule has 6 nitrogen and oxygen atoms in total. The van der Waals surface area contributed by atoms with E-state index < -0.39 is 10.0 Å². The van der Waals surface area contributed by atoms with Crippen molar-refractivity contribution in [1.29, 1.82) is 0 Å². The molecule has 1 aromatic heterocycles. The molecule has 1 fully saturated rings. The number of hydrogen-bond donors (Lipinski definition) is 0. The average Bonchev–Trinajstić information content (AvgIpc) is 3.10. The van der Waals surface area contributed by atoms with Crippen LogP contribution in [0, 0.1) is 0 Å². The van der Waals surface area contributed by atoms with Crippen LogP contribution in [-0.4, -0.2) is 36.0 Å². The fraction of sp³-hybridized carbons (Fsp3) is 0.263. The van der Waals surface area contributed by atoms with E-state index in [1.807, 2.05) is 49.4 Å². The molecule has 2 heterocycles. The zero-order chi connectivity index (χ0) is 18.1. The minimum atomic E-state index is -3.47. The predicted octanol–water partition coefficient (Wildman–Crippen LogP) is 3.09. The summed E-state index contributed by atoms with van der Waals surface area (Å²) in [7, 11) is -3.47. The highest BCUT2D eigenvalue weighted by atomic mass is 32.2. The number of benzene rings is 2. The molecular formula is C19H19N3O3S. The Balaban J connectivity index is 1.46. The minimum Gasteiger partial charge on any atom is -0.339 e. The molecule has 134 valence electrons. The number of aromatic nitrogens is 2. The molecule has 0 bridgehead atoms. The van der Waals surface area contributed by atoms with Crippen molar-refractivity contribution in [3.8, 4) is 11.4 Å². The van der Waals surface area contributed by atoms with Gasteiger partial charge in [0.15, 0.2) is 0 Å². The van der Waals surface area contributed by atoms with E-state index in [2.05, 4.69) is 10.1 Å². The van der Waals surface area contributed by atoms with Crippen molar-refractivity contribution in [3.63, 3.8) is 0 Å². The summed E-state index contributed by atoms with van der Waals surface area (Å²) >= 11 is 0. The van der Waals surface area contributed by atoms with Crippen molar-refractivity contribution in [3.05, 3.63) is 66.1 Å². The first-order chi connectivity index (χ1) is 12.6. The number of aryl methyl sites for hydroxylation is 1. The van der Waals surface area contributed by atoms with E-state index in [1.54, 1.807) is 12.1 Å². The Bertz CT molecular complexity index is 992. The van der Waals surface area contributed by atoms with Crippen molar-refractivity contribution in [2.45, 2.75) is 24.2 Å². The molecular weight excluding hydrogens is 350 g/mol. The van der Waals surface area contributed by atoms with Crippen LogP contribution in [0.1, 0.15) is 24.3 Å². The van der Waals surface area contributed by atoms with Crippen LogP contribution in [0.2, 0.25) is 0 Å². The summed E-state index contributed by atoms with van der Waals surface area (Å²) in [6.45, 7) is 2.75. The molecule has 0 N–H and O–H groups in total. The standard InChI is InChI=1S/C19H19N3O3S/c1-2-14-8-10-17(11-9-14)26(23,24)22-12-16(13-22)19-20-18(21-25-19)15-6-4-3-5-7-15/h3-11,16H,2,12-13H2,1H3. The summed E-state index contributed by atoms with van der Waals surface area (Å²) in [6, 6.07) is 16.6. The SMILES string of the molecule is CCc1ccc(S(=O)(=O)N2CC(c3nc(-c4ccccc4)no3)C2)cc1. The van der Waals surface area contributed by atoms with Crippen molar-refractivity contribution in [2.75, 3.05) is 13.1 Å². The molecule has 1 aliphatic rings. The lowest BCUT2D eigenvalue weighted by Crippen LogP contribution is -2.48. The first-order valence-electron chi connectivity index (χ1n) is 8.56.